The van der Waals surface area contributed by atoms with Gasteiger partial charge in [0.1, 0.15) is 11.1 Å². The zero-order valence-corrected chi connectivity index (χ0v) is 16.3. The van der Waals surface area contributed by atoms with Gasteiger partial charge in [-0.15, -0.1) is 11.3 Å². The third-order valence-corrected chi connectivity index (χ3v) is 5.87. The number of rotatable bonds is 5. The molecular formula is C20H19ClN2O3S. The number of carbonyl (C=O) groups is 2. The van der Waals surface area contributed by atoms with Crippen LogP contribution in [0.2, 0.25) is 5.02 Å². The number of anilines is 1. The molecule has 1 aliphatic carbocycles. The van der Waals surface area contributed by atoms with Crippen LogP contribution in [-0.4, -0.2) is 18.5 Å². The van der Waals surface area contributed by atoms with Gasteiger partial charge >= 0.3 is 5.97 Å². The number of hydrogen-bond acceptors (Lipinski definition) is 5. The van der Waals surface area contributed by atoms with E-state index in [0.29, 0.717) is 15.6 Å². The third-order valence-electron chi connectivity index (χ3n) is 4.41. The lowest BCUT2D eigenvalue weighted by molar-refractivity contribution is -0.146. The standard InChI is InChI=1S/C20H19ClN2O3S/c21-14-8-6-13(7-9-14)10-19(25)26-12-18(24)23-20-16(11-22)15-4-2-1-3-5-17(15)27-20/h6-9H,1-5,10,12H2,(H,23,24). The largest absolute Gasteiger partial charge is 0.455 e. The Morgan fingerprint density at radius 2 is 1.93 bits per heavy atom. The SMILES string of the molecule is N#Cc1c(NC(=O)COC(=O)Cc2ccc(Cl)cc2)sc2c1CCCCC2. The van der Waals surface area contributed by atoms with Gasteiger partial charge in [-0.2, -0.15) is 5.26 Å². The monoisotopic (exact) mass is 402 g/mol. The zero-order chi connectivity index (χ0) is 19.2. The molecule has 0 bridgehead atoms. The van der Waals surface area contributed by atoms with E-state index in [1.807, 2.05) is 0 Å². The number of hydrogen-bond donors (Lipinski definition) is 1. The summed E-state index contributed by atoms with van der Waals surface area (Å²) in [6.07, 6.45) is 5.22. The van der Waals surface area contributed by atoms with Crippen molar-refractivity contribution >= 4 is 39.8 Å². The lowest BCUT2D eigenvalue weighted by Gasteiger charge is -2.06. The number of aryl methyl sites for hydroxylation is 1. The lowest BCUT2D eigenvalue weighted by atomic mass is 10.1. The summed E-state index contributed by atoms with van der Waals surface area (Å²) in [4.78, 5) is 25.2. The number of benzene rings is 1. The van der Waals surface area contributed by atoms with Gasteiger partial charge in [-0.3, -0.25) is 9.59 Å². The zero-order valence-electron chi connectivity index (χ0n) is 14.7. The average molecular weight is 403 g/mol. The molecule has 7 heteroatoms. The Morgan fingerprint density at radius 3 is 2.67 bits per heavy atom. The highest BCUT2D eigenvalue weighted by Crippen LogP contribution is 2.36. The maximum Gasteiger partial charge on any atom is 0.310 e. The van der Waals surface area contributed by atoms with Crippen molar-refractivity contribution in [3.8, 4) is 6.07 Å². The fourth-order valence-corrected chi connectivity index (χ4v) is 4.46. The fraction of sp³-hybridized carbons (Fsp3) is 0.350. The number of amides is 1. The Bertz CT molecular complexity index is 884. The summed E-state index contributed by atoms with van der Waals surface area (Å²) < 4.78 is 5.04. The second kappa shape index (κ2) is 9.03. The summed E-state index contributed by atoms with van der Waals surface area (Å²) in [7, 11) is 0. The second-order valence-electron chi connectivity index (χ2n) is 6.39. The number of halogens is 1. The highest BCUT2D eigenvalue weighted by atomic mass is 35.5. The molecule has 0 aliphatic heterocycles. The smallest absolute Gasteiger partial charge is 0.310 e. The molecule has 1 aromatic carbocycles. The van der Waals surface area contributed by atoms with E-state index in [4.69, 9.17) is 16.3 Å². The van der Waals surface area contributed by atoms with E-state index in [1.165, 1.54) is 16.2 Å². The van der Waals surface area contributed by atoms with Crippen LogP contribution in [0, 0.1) is 11.3 Å². The van der Waals surface area contributed by atoms with Crippen molar-refractivity contribution in [1.29, 1.82) is 5.26 Å². The first-order valence-corrected chi connectivity index (χ1v) is 10.0. The van der Waals surface area contributed by atoms with E-state index in [9.17, 15) is 14.9 Å². The number of thiophene rings is 1. The van der Waals surface area contributed by atoms with Gasteiger partial charge in [-0.1, -0.05) is 30.2 Å². The van der Waals surface area contributed by atoms with Crippen LogP contribution in [0.25, 0.3) is 0 Å². The van der Waals surface area contributed by atoms with E-state index >= 15 is 0 Å². The van der Waals surface area contributed by atoms with Crippen LogP contribution >= 0.6 is 22.9 Å². The highest BCUT2D eigenvalue weighted by molar-refractivity contribution is 7.16. The van der Waals surface area contributed by atoms with Crippen LogP contribution in [0.4, 0.5) is 5.00 Å². The maximum atomic E-state index is 12.2. The number of nitrogens with one attached hydrogen (secondary N) is 1. The predicted octanol–water partition coefficient (Wildman–Crippen LogP) is 4.27. The quantitative estimate of drug-likeness (QED) is 0.598. The molecule has 0 unspecified atom stereocenters. The van der Waals surface area contributed by atoms with Crippen LogP contribution in [0.15, 0.2) is 24.3 Å². The van der Waals surface area contributed by atoms with Crippen molar-refractivity contribution in [3.63, 3.8) is 0 Å². The summed E-state index contributed by atoms with van der Waals surface area (Å²) in [6, 6.07) is 9.08. The Balaban J connectivity index is 1.56. The number of ether oxygens (including phenoxy) is 1. The highest BCUT2D eigenvalue weighted by Gasteiger charge is 2.21. The van der Waals surface area contributed by atoms with Gasteiger partial charge in [0.2, 0.25) is 0 Å². The predicted molar refractivity (Wildman–Crippen MR) is 105 cm³/mol. The van der Waals surface area contributed by atoms with Gasteiger partial charge in [0, 0.05) is 9.90 Å². The Labute approximate surface area is 166 Å². The summed E-state index contributed by atoms with van der Waals surface area (Å²) in [5.41, 5.74) is 2.38. The van der Waals surface area contributed by atoms with Gasteiger partial charge in [-0.25, -0.2) is 0 Å². The molecule has 1 aliphatic rings. The molecule has 1 heterocycles. The number of nitriles is 1. The van der Waals surface area contributed by atoms with Crippen LogP contribution < -0.4 is 5.32 Å². The van der Waals surface area contributed by atoms with Gasteiger partial charge in [0.15, 0.2) is 6.61 Å². The molecule has 2 aromatic rings. The molecule has 0 fully saturated rings. The topological polar surface area (TPSA) is 79.2 Å². The summed E-state index contributed by atoms with van der Waals surface area (Å²) in [5.74, 6) is -0.928. The summed E-state index contributed by atoms with van der Waals surface area (Å²) in [6.45, 7) is -0.375. The molecule has 0 atom stereocenters. The molecule has 1 aromatic heterocycles. The van der Waals surface area contributed by atoms with Crippen molar-refractivity contribution in [2.24, 2.45) is 0 Å². The molecule has 0 saturated carbocycles. The molecule has 1 amide bonds. The molecule has 0 saturated heterocycles. The first-order chi connectivity index (χ1) is 13.1. The van der Waals surface area contributed by atoms with Gasteiger partial charge in [0.25, 0.3) is 5.91 Å². The van der Waals surface area contributed by atoms with Crippen LogP contribution in [0.5, 0.6) is 0 Å². The van der Waals surface area contributed by atoms with Crippen LogP contribution in [0.3, 0.4) is 0 Å². The van der Waals surface area contributed by atoms with Crippen molar-refractivity contribution in [3.05, 3.63) is 50.9 Å². The van der Waals surface area contributed by atoms with E-state index < -0.39 is 11.9 Å². The normalized spacial score (nSPS) is 13.2. The number of nitrogens with zero attached hydrogens (tertiary/aromatic N) is 1. The minimum atomic E-state index is -0.491. The van der Waals surface area contributed by atoms with E-state index in [0.717, 1.165) is 43.2 Å². The molecule has 140 valence electrons. The molecule has 5 nitrogen and oxygen atoms in total. The number of carbonyl (C=O) groups excluding carboxylic acids is 2. The minimum Gasteiger partial charge on any atom is -0.455 e. The maximum absolute atomic E-state index is 12.2. The van der Waals surface area contributed by atoms with E-state index in [2.05, 4.69) is 11.4 Å². The Morgan fingerprint density at radius 1 is 1.19 bits per heavy atom. The van der Waals surface area contributed by atoms with Crippen molar-refractivity contribution in [1.82, 2.24) is 0 Å². The van der Waals surface area contributed by atoms with Crippen LogP contribution in [0.1, 0.15) is 40.8 Å². The van der Waals surface area contributed by atoms with Gasteiger partial charge in [-0.05, 0) is 48.9 Å². The molecule has 3 rings (SSSR count). The average Bonchev–Trinajstić information content (AvgIpc) is 2.81. The Kier molecular flexibility index (Phi) is 6.49. The van der Waals surface area contributed by atoms with Crippen LogP contribution in [-0.2, 0) is 33.6 Å². The number of esters is 1. The fourth-order valence-electron chi connectivity index (χ4n) is 3.08. The van der Waals surface area contributed by atoms with Crippen molar-refractivity contribution in [2.45, 2.75) is 38.5 Å². The van der Waals surface area contributed by atoms with Gasteiger partial charge in [0.05, 0.1) is 12.0 Å². The first-order valence-electron chi connectivity index (χ1n) is 8.81. The minimum absolute atomic E-state index is 0.0706. The summed E-state index contributed by atoms with van der Waals surface area (Å²) >= 11 is 7.27. The molecule has 1 N–H and O–H groups in total. The van der Waals surface area contributed by atoms with Crippen molar-refractivity contribution in [2.75, 3.05) is 11.9 Å². The third kappa shape index (κ3) is 5.09. The molecule has 0 radical (unpaired) electrons. The first kappa shape index (κ1) is 19.4. The van der Waals surface area contributed by atoms with E-state index in [-0.39, 0.29) is 13.0 Å². The van der Waals surface area contributed by atoms with Gasteiger partial charge < -0.3 is 10.1 Å². The van der Waals surface area contributed by atoms with Crippen molar-refractivity contribution < 1.29 is 14.3 Å². The lowest BCUT2D eigenvalue weighted by Crippen LogP contribution is -2.21. The summed E-state index contributed by atoms with van der Waals surface area (Å²) in [5, 5.41) is 13.4. The second-order valence-corrected chi connectivity index (χ2v) is 7.93. The van der Waals surface area contributed by atoms with E-state index in [1.54, 1.807) is 24.3 Å². The number of fused-ring (bicyclic) bond motifs is 1. The molecule has 27 heavy (non-hydrogen) atoms. The Hall–Kier alpha value is -2.36. The molecular weight excluding hydrogens is 384 g/mol. The molecule has 0 spiro atoms.